The minimum absolute atomic E-state index is 0.0331. The summed E-state index contributed by atoms with van der Waals surface area (Å²) < 4.78 is 22.3. The average Bonchev–Trinajstić information content (AvgIpc) is 3.04. The van der Waals surface area contributed by atoms with Crippen LogP contribution in [0.25, 0.3) is 0 Å². The lowest BCUT2D eigenvalue weighted by atomic mass is 10.4. The first-order chi connectivity index (χ1) is 22.2. The minimum atomic E-state index is -0.986. The van der Waals surface area contributed by atoms with Crippen LogP contribution in [0, 0.1) is 0 Å². The molecular formula is C29H52N4O11S2. The van der Waals surface area contributed by atoms with E-state index in [2.05, 4.69) is 12.6 Å². The van der Waals surface area contributed by atoms with E-state index < -0.39 is 35.0 Å². The summed E-state index contributed by atoms with van der Waals surface area (Å²) >= 11 is 5.32. The molecule has 0 aliphatic rings. The number of unbranched alkanes of at least 4 members (excludes halogenated alkanes) is 1. The Bertz CT molecular complexity index is 1140. The summed E-state index contributed by atoms with van der Waals surface area (Å²) in [5.74, 6) is -0.918. The molecule has 0 atom stereocenters. The van der Waals surface area contributed by atoms with Gasteiger partial charge >= 0.3 is 40.9 Å². The van der Waals surface area contributed by atoms with Gasteiger partial charge in [-0.15, -0.1) is 0 Å². The fourth-order valence-electron chi connectivity index (χ4n) is 3.25. The first-order valence-corrected chi connectivity index (χ1v) is 17.4. The van der Waals surface area contributed by atoms with Crippen molar-refractivity contribution in [2.75, 3.05) is 50.2 Å². The lowest BCUT2D eigenvalue weighted by Crippen LogP contribution is -2.55. The molecule has 46 heavy (non-hydrogen) atoms. The normalized spacial score (nSPS) is 10.1. The van der Waals surface area contributed by atoms with E-state index in [1.807, 2.05) is 34.6 Å². The number of hydrogen-bond acceptors (Lipinski definition) is 14. The second kappa shape index (κ2) is 29.4. The quantitative estimate of drug-likeness (QED) is 0.0764. The SMILES string of the molecule is CC.CC.CCCCOC(=O)CCSCCC(=O)OCCn1c(=O)n(CCOC(=O)CCN)c(=O)n(CCOC(=O)CCS)c1=O. The number of thiol groups is 1. The van der Waals surface area contributed by atoms with Crippen LogP contribution in [0.2, 0.25) is 0 Å². The van der Waals surface area contributed by atoms with Crippen LogP contribution < -0.4 is 22.8 Å². The molecule has 0 fully saturated rings. The molecule has 1 aromatic rings. The zero-order valence-electron chi connectivity index (χ0n) is 27.8. The molecular weight excluding hydrogens is 644 g/mol. The zero-order chi connectivity index (χ0) is 35.3. The predicted octanol–water partition coefficient (Wildman–Crippen LogP) is 1.38. The maximum Gasteiger partial charge on any atom is 0.336 e. The number of carbonyl (C=O) groups excluding carboxylic acids is 4. The van der Waals surface area contributed by atoms with Crippen molar-refractivity contribution in [3.8, 4) is 0 Å². The molecule has 2 N–H and O–H groups in total. The first-order valence-electron chi connectivity index (χ1n) is 15.6. The van der Waals surface area contributed by atoms with Gasteiger partial charge in [-0.25, -0.2) is 28.1 Å². The molecule has 0 bridgehead atoms. The van der Waals surface area contributed by atoms with Crippen LogP contribution in [0.5, 0.6) is 0 Å². The monoisotopic (exact) mass is 696 g/mol. The van der Waals surface area contributed by atoms with E-state index in [9.17, 15) is 33.6 Å². The molecule has 0 saturated carbocycles. The average molecular weight is 697 g/mol. The molecule has 0 amide bonds. The number of nitrogens with zero attached hydrogens (tertiary/aromatic N) is 3. The highest BCUT2D eigenvalue weighted by Gasteiger charge is 2.17. The molecule has 0 aliphatic carbocycles. The molecule has 0 saturated heterocycles. The minimum Gasteiger partial charge on any atom is -0.466 e. The van der Waals surface area contributed by atoms with Crippen LogP contribution in [0.4, 0.5) is 0 Å². The Balaban J connectivity index is 0. The fraction of sp³-hybridized carbons (Fsp3) is 0.759. The summed E-state index contributed by atoms with van der Waals surface area (Å²) in [6.07, 6.45) is 1.99. The van der Waals surface area contributed by atoms with Gasteiger partial charge in [0.25, 0.3) is 0 Å². The van der Waals surface area contributed by atoms with Crippen LogP contribution in [-0.2, 0) is 57.8 Å². The van der Waals surface area contributed by atoms with Crippen molar-refractivity contribution in [2.45, 2.75) is 92.8 Å². The highest BCUT2D eigenvalue weighted by molar-refractivity contribution is 7.99. The van der Waals surface area contributed by atoms with Crippen LogP contribution in [-0.4, -0.2) is 87.8 Å². The molecule has 0 spiro atoms. The number of carbonyl (C=O) groups is 4. The number of esters is 4. The van der Waals surface area contributed by atoms with Gasteiger partial charge in [-0.3, -0.25) is 19.2 Å². The Hall–Kier alpha value is -3.05. The molecule has 0 radical (unpaired) electrons. The molecule has 15 nitrogen and oxygen atoms in total. The highest BCUT2D eigenvalue weighted by atomic mass is 32.2. The van der Waals surface area contributed by atoms with E-state index in [0.717, 1.165) is 12.8 Å². The molecule has 0 aromatic carbocycles. The van der Waals surface area contributed by atoms with Gasteiger partial charge in [-0.1, -0.05) is 41.0 Å². The third-order valence-corrected chi connectivity index (χ3v) is 6.65. The van der Waals surface area contributed by atoms with Gasteiger partial charge in [-0.05, 0) is 6.42 Å². The Morgan fingerprint density at radius 2 is 0.978 bits per heavy atom. The van der Waals surface area contributed by atoms with Gasteiger partial charge in [-0.2, -0.15) is 24.4 Å². The molecule has 1 aromatic heterocycles. The summed E-state index contributed by atoms with van der Waals surface area (Å²) in [7, 11) is 0. The lowest BCUT2D eigenvalue weighted by Gasteiger charge is -2.14. The maximum absolute atomic E-state index is 13.0. The van der Waals surface area contributed by atoms with Gasteiger partial charge in [0.15, 0.2) is 0 Å². The van der Waals surface area contributed by atoms with E-state index >= 15 is 0 Å². The standard InChI is InChI=1S/C25H40N4O11S2.2C2H6/c1-2-3-12-37-21(32)6-17-42-18-7-22(33)40-15-11-29-24(35)27(9-13-38-19(30)4-8-26)23(34)28(25(29)36)10-14-39-20(31)5-16-41;2*1-2/h41H,2-18,26H2,1H3;2*1-2H3. The summed E-state index contributed by atoms with van der Waals surface area (Å²) in [5, 5.41) is 0. The van der Waals surface area contributed by atoms with Crippen molar-refractivity contribution in [3.63, 3.8) is 0 Å². The molecule has 0 unspecified atom stereocenters. The molecule has 266 valence electrons. The Labute approximate surface area is 279 Å². The third-order valence-electron chi connectivity index (χ3n) is 5.45. The van der Waals surface area contributed by atoms with Crippen molar-refractivity contribution < 1.29 is 38.1 Å². The Kier molecular flexibility index (Phi) is 28.8. The first kappa shape index (κ1) is 45.1. The molecule has 17 heteroatoms. The number of nitrogens with two attached hydrogens (primary N) is 1. The van der Waals surface area contributed by atoms with Crippen LogP contribution in [0.15, 0.2) is 14.4 Å². The van der Waals surface area contributed by atoms with Gasteiger partial charge in [0.1, 0.15) is 19.8 Å². The third kappa shape index (κ3) is 19.5. The Morgan fingerprint density at radius 1 is 0.630 bits per heavy atom. The highest BCUT2D eigenvalue weighted by Crippen LogP contribution is 2.06. The number of ether oxygens (including phenoxy) is 4. The Morgan fingerprint density at radius 3 is 1.33 bits per heavy atom. The van der Waals surface area contributed by atoms with Crippen molar-refractivity contribution >= 4 is 48.3 Å². The van der Waals surface area contributed by atoms with E-state index in [-0.39, 0.29) is 83.4 Å². The second-order valence-electron chi connectivity index (χ2n) is 8.66. The van der Waals surface area contributed by atoms with Gasteiger partial charge < -0.3 is 24.7 Å². The van der Waals surface area contributed by atoms with E-state index in [4.69, 9.17) is 24.7 Å². The topological polar surface area (TPSA) is 197 Å². The lowest BCUT2D eigenvalue weighted by molar-refractivity contribution is -0.144. The van der Waals surface area contributed by atoms with Crippen LogP contribution in [0.1, 0.15) is 73.1 Å². The summed E-state index contributed by atoms with van der Waals surface area (Å²) in [6, 6.07) is 0. The number of aromatic nitrogens is 3. The van der Waals surface area contributed by atoms with Crippen molar-refractivity contribution in [1.82, 2.24) is 13.7 Å². The smallest absolute Gasteiger partial charge is 0.336 e. The second-order valence-corrected chi connectivity index (χ2v) is 10.3. The predicted molar refractivity (Wildman–Crippen MR) is 179 cm³/mol. The maximum atomic E-state index is 13.0. The fourth-order valence-corrected chi connectivity index (χ4v) is 4.26. The summed E-state index contributed by atoms with van der Waals surface area (Å²) in [6.45, 7) is 8.44. The van der Waals surface area contributed by atoms with Gasteiger partial charge in [0, 0.05) is 23.8 Å². The zero-order valence-corrected chi connectivity index (χ0v) is 29.5. The summed E-state index contributed by atoms with van der Waals surface area (Å²) in [5.41, 5.74) is 2.35. The van der Waals surface area contributed by atoms with Crippen molar-refractivity contribution in [3.05, 3.63) is 31.5 Å². The van der Waals surface area contributed by atoms with Gasteiger partial charge in [0.05, 0.1) is 51.9 Å². The van der Waals surface area contributed by atoms with Crippen LogP contribution in [0.3, 0.4) is 0 Å². The van der Waals surface area contributed by atoms with Crippen LogP contribution >= 0.6 is 24.4 Å². The molecule has 0 aliphatic heterocycles. The number of hydrogen-bond donors (Lipinski definition) is 2. The number of thioether (sulfide) groups is 1. The molecule has 1 rings (SSSR count). The summed E-state index contributed by atoms with van der Waals surface area (Å²) in [4.78, 5) is 85.8. The molecule has 1 heterocycles. The largest absolute Gasteiger partial charge is 0.466 e. The van der Waals surface area contributed by atoms with E-state index in [1.165, 1.54) is 11.8 Å². The van der Waals surface area contributed by atoms with E-state index in [0.29, 0.717) is 31.8 Å². The van der Waals surface area contributed by atoms with Crippen molar-refractivity contribution in [2.24, 2.45) is 5.73 Å². The van der Waals surface area contributed by atoms with E-state index in [1.54, 1.807) is 0 Å². The number of rotatable bonds is 22. The van der Waals surface area contributed by atoms with Gasteiger partial charge in [0.2, 0.25) is 0 Å². The van der Waals surface area contributed by atoms with Crippen molar-refractivity contribution in [1.29, 1.82) is 0 Å².